The van der Waals surface area contributed by atoms with Gasteiger partial charge in [0.1, 0.15) is 5.75 Å². The Bertz CT molecular complexity index is 984. The fraction of sp³-hybridized carbons (Fsp3) is 0.143. The molecule has 0 atom stereocenters. The molecular formula is C21H19N3O. The predicted molar refractivity (Wildman–Crippen MR) is 101 cm³/mol. The van der Waals surface area contributed by atoms with Crippen LogP contribution in [0.1, 0.15) is 30.5 Å². The second-order valence-electron chi connectivity index (χ2n) is 5.02. The normalized spacial score (nSPS) is 10.4. The van der Waals surface area contributed by atoms with Crippen LogP contribution in [0.5, 0.6) is 5.75 Å². The number of aromatic nitrogens is 1. The average molecular weight is 329 g/mol. The lowest BCUT2D eigenvalue weighted by Crippen LogP contribution is -1.84. The van der Waals surface area contributed by atoms with Crippen LogP contribution >= 0.6 is 0 Å². The summed E-state index contributed by atoms with van der Waals surface area (Å²) in [6, 6.07) is 17.2. The molecule has 0 saturated heterocycles. The number of hydrogen-bond acceptors (Lipinski definition) is 3. The first-order chi connectivity index (χ1) is 12.2. The van der Waals surface area contributed by atoms with Gasteiger partial charge in [0.15, 0.2) is 0 Å². The van der Waals surface area contributed by atoms with Gasteiger partial charge in [0.25, 0.3) is 0 Å². The summed E-state index contributed by atoms with van der Waals surface area (Å²) in [7, 11) is 1.61. The van der Waals surface area contributed by atoms with Crippen LogP contribution in [0, 0.1) is 22.7 Å². The molecule has 0 spiro atoms. The van der Waals surface area contributed by atoms with Gasteiger partial charge in [0, 0.05) is 22.7 Å². The lowest BCUT2D eigenvalue weighted by molar-refractivity contribution is 0.415. The molecule has 3 aromatic rings. The number of benzene rings is 2. The number of allylic oxidation sites excluding steroid dienone is 1. The number of nitrogens with one attached hydrogen (secondary N) is 1. The highest BCUT2D eigenvalue weighted by Crippen LogP contribution is 2.29. The standard InChI is InChI=1S/C19H13N3O.C2H6/c1-23-16-5-6-19-17(9-16)18(12-22-19)15(11-21)8-13-3-2-4-14(7-13)10-20;1-2/h2-9,12,22H,1H3;1-2H3/b15-8+;. The molecule has 0 bridgehead atoms. The Morgan fingerprint density at radius 3 is 2.60 bits per heavy atom. The van der Waals surface area contributed by atoms with Crippen LogP contribution in [-0.4, -0.2) is 12.1 Å². The Morgan fingerprint density at radius 2 is 1.92 bits per heavy atom. The van der Waals surface area contributed by atoms with Crippen molar-refractivity contribution < 1.29 is 4.74 Å². The summed E-state index contributed by atoms with van der Waals surface area (Å²) in [4.78, 5) is 3.16. The fourth-order valence-corrected chi connectivity index (χ4v) is 2.48. The van der Waals surface area contributed by atoms with Gasteiger partial charge in [-0.25, -0.2) is 0 Å². The molecule has 1 aromatic heterocycles. The quantitative estimate of drug-likeness (QED) is 0.676. The van der Waals surface area contributed by atoms with E-state index in [2.05, 4.69) is 17.1 Å². The predicted octanol–water partition coefficient (Wildman–Crippen LogP) is 5.14. The molecule has 124 valence electrons. The highest BCUT2D eigenvalue weighted by molar-refractivity contribution is 6.01. The van der Waals surface area contributed by atoms with E-state index in [1.165, 1.54) is 0 Å². The first-order valence-corrected chi connectivity index (χ1v) is 8.02. The average Bonchev–Trinajstić information content (AvgIpc) is 3.10. The minimum atomic E-state index is 0.527. The SMILES string of the molecule is CC.COc1ccc2[nH]cc(/C(C#N)=C/c3cccc(C#N)c3)c2c1. The maximum absolute atomic E-state index is 9.54. The summed E-state index contributed by atoms with van der Waals surface area (Å²) >= 11 is 0. The largest absolute Gasteiger partial charge is 0.497 e. The lowest BCUT2D eigenvalue weighted by Gasteiger charge is -2.02. The monoisotopic (exact) mass is 329 g/mol. The molecule has 3 rings (SSSR count). The molecule has 25 heavy (non-hydrogen) atoms. The summed E-state index contributed by atoms with van der Waals surface area (Å²) in [5, 5.41) is 19.4. The molecule has 1 N–H and O–H groups in total. The number of rotatable bonds is 3. The Morgan fingerprint density at radius 1 is 1.12 bits per heavy atom. The minimum absolute atomic E-state index is 0.527. The molecule has 0 saturated carbocycles. The molecule has 1 heterocycles. The third kappa shape index (κ3) is 3.88. The summed E-state index contributed by atoms with van der Waals surface area (Å²) in [5.41, 5.74) is 3.66. The molecular weight excluding hydrogens is 310 g/mol. The molecule has 0 fully saturated rings. The smallest absolute Gasteiger partial charge is 0.119 e. The summed E-state index contributed by atoms with van der Waals surface area (Å²) in [6.07, 6.45) is 3.59. The van der Waals surface area contributed by atoms with Gasteiger partial charge in [-0.15, -0.1) is 0 Å². The molecule has 4 heteroatoms. The van der Waals surface area contributed by atoms with Crippen LogP contribution in [0.4, 0.5) is 0 Å². The number of hydrogen-bond donors (Lipinski definition) is 1. The van der Waals surface area contributed by atoms with E-state index in [9.17, 15) is 5.26 Å². The molecule has 0 radical (unpaired) electrons. The maximum Gasteiger partial charge on any atom is 0.119 e. The number of nitriles is 2. The molecule has 0 amide bonds. The van der Waals surface area contributed by atoms with Crippen molar-refractivity contribution in [1.82, 2.24) is 4.98 Å². The van der Waals surface area contributed by atoms with E-state index in [0.29, 0.717) is 11.1 Å². The molecule has 0 unspecified atom stereocenters. The zero-order valence-corrected chi connectivity index (χ0v) is 14.5. The van der Waals surface area contributed by atoms with Gasteiger partial charge in [-0.1, -0.05) is 26.0 Å². The van der Waals surface area contributed by atoms with Crippen molar-refractivity contribution in [3.05, 3.63) is 65.4 Å². The first-order valence-electron chi connectivity index (χ1n) is 8.02. The van der Waals surface area contributed by atoms with Crippen molar-refractivity contribution in [1.29, 1.82) is 10.5 Å². The second-order valence-corrected chi connectivity index (χ2v) is 5.02. The molecule has 0 aliphatic carbocycles. The van der Waals surface area contributed by atoms with E-state index in [-0.39, 0.29) is 0 Å². The van der Waals surface area contributed by atoms with Crippen molar-refractivity contribution in [3.8, 4) is 17.9 Å². The summed E-state index contributed by atoms with van der Waals surface area (Å²) in [6.45, 7) is 4.00. The van der Waals surface area contributed by atoms with Crippen molar-refractivity contribution >= 4 is 22.6 Å². The van der Waals surface area contributed by atoms with E-state index >= 15 is 0 Å². The molecule has 0 aliphatic heterocycles. The van der Waals surface area contributed by atoms with Crippen LogP contribution in [0.2, 0.25) is 0 Å². The third-order valence-electron chi connectivity index (χ3n) is 3.63. The highest BCUT2D eigenvalue weighted by Gasteiger charge is 2.10. The van der Waals surface area contributed by atoms with Crippen molar-refractivity contribution in [3.63, 3.8) is 0 Å². The van der Waals surface area contributed by atoms with E-state index in [0.717, 1.165) is 27.8 Å². The van der Waals surface area contributed by atoms with Crippen molar-refractivity contribution in [2.45, 2.75) is 13.8 Å². The highest BCUT2D eigenvalue weighted by atomic mass is 16.5. The Labute approximate surface area is 147 Å². The van der Waals surface area contributed by atoms with Crippen LogP contribution in [0.3, 0.4) is 0 Å². The number of methoxy groups -OCH3 is 1. The summed E-state index contributed by atoms with van der Waals surface area (Å²) < 4.78 is 5.26. The first kappa shape index (κ1) is 17.8. The van der Waals surface area contributed by atoms with Crippen LogP contribution in [0.25, 0.3) is 22.6 Å². The molecule has 0 aliphatic rings. The van der Waals surface area contributed by atoms with Crippen LogP contribution in [-0.2, 0) is 0 Å². The van der Waals surface area contributed by atoms with Crippen LogP contribution in [0.15, 0.2) is 48.7 Å². The fourth-order valence-electron chi connectivity index (χ4n) is 2.48. The number of H-pyrrole nitrogens is 1. The Kier molecular flexibility index (Phi) is 5.98. The van der Waals surface area contributed by atoms with E-state index in [4.69, 9.17) is 10.00 Å². The van der Waals surface area contributed by atoms with E-state index in [1.807, 2.05) is 44.3 Å². The van der Waals surface area contributed by atoms with Gasteiger partial charge >= 0.3 is 0 Å². The van der Waals surface area contributed by atoms with Crippen LogP contribution < -0.4 is 4.74 Å². The Hall–Kier alpha value is -3.50. The van der Waals surface area contributed by atoms with Gasteiger partial charge in [-0.05, 0) is 42.0 Å². The van der Waals surface area contributed by atoms with Gasteiger partial charge in [-0.3, -0.25) is 0 Å². The second kappa shape index (κ2) is 8.38. The van der Waals surface area contributed by atoms with Gasteiger partial charge in [0.05, 0.1) is 30.4 Å². The topological polar surface area (TPSA) is 72.6 Å². The number of nitrogens with zero attached hydrogens (tertiary/aromatic N) is 2. The van der Waals surface area contributed by atoms with Crippen molar-refractivity contribution in [2.75, 3.05) is 7.11 Å². The number of fused-ring (bicyclic) bond motifs is 1. The van der Waals surface area contributed by atoms with Crippen molar-refractivity contribution in [2.24, 2.45) is 0 Å². The number of ether oxygens (including phenoxy) is 1. The summed E-state index contributed by atoms with van der Waals surface area (Å²) in [5.74, 6) is 0.738. The van der Waals surface area contributed by atoms with Gasteiger partial charge in [0.2, 0.25) is 0 Å². The number of aromatic amines is 1. The zero-order valence-electron chi connectivity index (χ0n) is 14.5. The van der Waals surface area contributed by atoms with Gasteiger partial charge < -0.3 is 9.72 Å². The zero-order chi connectivity index (χ0) is 18.2. The minimum Gasteiger partial charge on any atom is -0.497 e. The van der Waals surface area contributed by atoms with E-state index in [1.54, 1.807) is 31.4 Å². The van der Waals surface area contributed by atoms with Gasteiger partial charge in [-0.2, -0.15) is 10.5 Å². The third-order valence-corrected chi connectivity index (χ3v) is 3.63. The maximum atomic E-state index is 9.54. The Balaban J connectivity index is 0.00000109. The van der Waals surface area contributed by atoms with E-state index < -0.39 is 0 Å². The lowest BCUT2D eigenvalue weighted by atomic mass is 10.0. The molecule has 4 nitrogen and oxygen atoms in total. The molecule has 2 aromatic carbocycles.